The first kappa shape index (κ1) is 13.7. The molecule has 0 aromatic heterocycles. The van der Waals surface area contributed by atoms with Gasteiger partial charge in [-0.15, -0.1) is 0 Å². The van der Waals surface area contributed by atoms with Crippen LogP contribution in [0.2, 0.25) is 0 Å². The topological polar surface area (TPSA) is 18.5 Å². The summed E-state index contributed by atoms with van der Waals surface area (Å²) >= 11 is 0. The van der Waals surface area contributed by atoms with E-state index >= 15 is 0 Å². The summed E-state index contributed by atoms with van der Waals surface area (Å²) in [5.74, 6) is 0.879. The lowest BCUT2D eigenvalue weighted by Gasteiger charge is -2.35. The van der Waals surface area contributed by atoms with Gasteiger partial charge in [0.05, 0.1) is 0 Å². The smallest absolute Gasteiger partial charge is 0.0368 e. The summed E-state index contributed by atoms with van der Waals surface area (Å²) in [5, 5.41) is 3.80. The fourth-order valence-corrected chi connectivity index (χ4v) is 3.35. The van der Waals surface area contributed by atoms with Crippen LogP contribution in [0.1, 0.15) is 26.2 Å². The number of hydrogen-bond donors (Lipinski definition) is 1. The molecule has 3 nitrogen and oxygen atoms in total. The van der Waals surface area contributed by atoms with E-state index in [-0.39, 0.29) is 0 Å². The van der Waals surface area contributed by atoms with Crippen molar-refractivity contribution in [3.05, 3.63) is 24.3 Å². The van der Waals surface area contributed by atoms with Crippen LogP contribution in [0.15, 0.2) is 24.3 Å². The maximum atomic E-state index is 3.80. The van der Waals surface area contributed by atoms with Crippen LogP contribution in [0.5, 0.6) is 0 Å². The summed E-state index contributed by atoms with van der Waals surface area (Å²) in [6, 6.07) is 8.99. The van der Waals surface area contributed by atoms with Crippen LogP contribution < -0.4 is 15.1 Å². The first-order valence-corrected chi connectivity index (χ1v) is 7.86. The highest BCUT2D eigenvalue weighted by atomic mass is 15.2. The molecule has 0 radical (unpaired) electrons. The zero-order valence-corrected chi connectivity index (χ0v) is 13.0. The minimum atomic E-state index is 0.302. The van der Waals surface area contributed by atoms with Crippen LogP contribution >= 0.6 is 0 Å². The molecule has 1 saturated heterocycles. The SMILES string of the molecule is CN(C)c1ccc(N2CCCNC(C)(C3CC3)C2)cc1. The monoisotopic (exact) mass is 273 g/mol. The van der Waals surface area contributed by atoms with Gasteiger partial charge in [0.25, 0.3) is 0 Å². The van der Waals surface area contributed by atoms with E-state index in [0.29, 0.717) is 5.54 Å². The molecule has 3 heteroatoms. The Morgan fingerprint density at radius 3 is 2.50 bits per heavy atom. The number of hydrogen-bond acceptors (Lipinski definition) is 3. The fraction of sp³-hybridized carbons (Fsp3) is 0.647. The minimum Gasteiger partial charge on any atom is -0.378 e. The summed E-state index contributed by atoms with van der Waals surface area (Å²) in [4.78, 5) is 4.72. The highest BCUT2D eigenvalue weighted by molar-refractivity contribution is 5.56. The van der Waals surface area contributed by atoms with Crippen molar-refractivity contribution in [3.63, 3.8) is 0 Å². The molecular formula is C17H27N3. The Kier molecular flexibility index (Phi) is 3.63. The summed E-state index contributed by atoms with van der Waals surface area (Å²) in [7, 11) is 4.18. The Morgan fingerprint density at radius 2 is 1.90 bits per heavy atom. The average molecular weight is 273 g/mol. The van der Waals surface area contributed by atoms with Crippen LogP contribution in [-0.2, 0) is 0 Å². The normalized spacial score (nSPS) is 27.2. The van der Waals surface area contributed by atoms with Gasteiger partial charge in [-0.25, -0.2) is 0 Å². The second-order valence-corrected chi connectivity index (χ2v) is 6.80. The molecule has 1 aliphatic heterocycles. The van der Waals surface area contributed by atoms with Gasteiger partial charge in [0.15, 0.2) is 0 Å². The van der Waals surface area contributed by atoms with E-state index in [9.17, 15) is 0 Å². The quantitative estimate of drug-likeness (QED) is 0.913. The highest BCUT2D eigenvalue weighted by Crippen LogP contribution is 2.41. The van der Waals surface area contributed by atoms with E-state index in [1.165, 1.54) is 30.6 Å². The third kappa shape index (κ3) is 2.78. The Hall–Kier alpha value is -1.22. The third-order valence-corrected chi connectivity index (χ3v) is 4.86. The van der Waals surface area contributed by atoms with E-state index in [4.69, 9.17) is 0 Å². The maximum Gasteiger partial charge on any atom is 0.0368 e. The van der Waals surface area contributed by atoms with E-state index in [1.54, 1.807) is 0 Å². The van der Waals surface area contributed by atoms with Crippen LogP contribution in [0.3, 0.4) is 0 Å². The summed E-state index contributed by atoms with van der Waals surface area (Å²) < 4.78 is 0. The van der Waals surface area contributed by atoms with Crippen molar-refractivity contribution in [2.75, 3.05) is 43.5 Å². The number of rotatable bonds is 3. The van der Waals surface area contributed by atoms with Gasteiger partial charge in [-0.1, -0.05) is 0 Å². The van der Waals surface area contributed by atoms with Crippen LogP contribution in [0, 0.1) is 5.92 Å². The van der Waals surface area contributed by atoms with Gasteiger partial charge in [-0.3, -0.25) is 0 Å². The van der Waals surface area contributed by atoms with Gasteiger partial charge in [0.1, 0.15) is 0 Å². The molecule has 2 aliphatic rings. The first-order chi connectivity index (χ1) is 9.58. The fourth-order valence-electron chi connectivity index (χ4n) is 3.35. The van der Waals surface area contributed by atoms with E-state index in [1.807, 2.05) is 0 Å². The number of anilines is 2. The number of benzene rings is 1. The van der Waals surface area contributed by atoms with Gasteiger partial charge < -0.3 is 15.1 Å². The predicted octanol–water partition coefficient (Wildman–Crippen LogP) is 2.72. The first-order valence-electron chi connectivity index (χ1n) is 7.86. The second kappa shape index (κ2) is 5.28. The third-order valence-electron chi connectivity index (χ3n) is 4.86. The molecule has 1 aromatic rings. The van der Waals surface area contributed by atoms with Crippen molar-refractivity contribution in [2.45, 2.75) is 31.7 Å². The Bertz CT molecular complexity index is 450. The van der Waals surface area contributed by atoms with Crippen molar-refractivity contribution in [2.24, 2.45) is 5.92 Å². The van der Waals surface area contributed by atoms with Crippen LogP contribution in [0.4, 0.5) is 11.4 Å². The van der Waals surface area contributed by atoms with Crippen molar-refractivity contribution in [3.8, 4) is 0 Å². The lowest BCUT2D eigenvalue weighted by molar-refractivity contribution is 0.331. The molecule has 1 aromatic carbocycles. The Balaban J connectivity index is 1.77. The van der Waals surface area contributed by atoms with E-state index in [2.05, 4.69) is 60.4 Å². The molecule has 0 spiro atoms. The van der Waals surface area contributed by atoms with Crippen LogP contribution in [-0.4, -0.2) is 39.3 Å². The molecule has 110 valence electrons. The average Bonchev–Trinajstić information content (AvgIpc) is 3.26. The maximum absolute atomic E-state index is 3.80. The predicted molar refractivity (Wildman–Crippen MR) is 86.7 cm³/mol. The summed E-state index contributed by atoms with van der Waals surface area (Å²) in [6.45, 7) is 5.87. The van der Waals surface area contributed by atoms with E-state index < -0.39 is 0 Å². The molecule has 2 fully saturated rings. The van der Waals surface area contributed by atoms with Crippen LogP contribution in [0.25, 0.3) is 0 Å². The second-order valence-electron chi connectivity index (χ2n) is 6.80. The standard InChI is InChI=1S/C17H27N3/c1-17(14-5-6-14)13-20(12-4-11-18-17)16-9-7-15(8-10-16)19(2)3/h7-10,14,18H,4-6,11-13H2,1-3H3. The highest BCUT2D eigenvalue weighted by Gasteiger charge is 2.43. The molecule has 0 bridgehead atoms. The van der Waals surface area contributed by atoms with Gasteiger partial charge in [0, 0.05) is 44.1 Å². The van der Waals surface area contributed by atoms with Gasteiger partial charge in [-0.2, -0.15) is 0 Å². The molecule has 1 heterocycles. The molecular weight excluding hydrogens is 246 g/mol. The van der Waals surface area contributed by atoms with Gasteiger partial charge in [-0.05, 0) is 62.9 Å². The minimum absolute atomic E-state index is 0.302. The Morgan fingerprint density at radius 1 is 1.20 bits per heavy atom. The Labute approximate surface area is 123 Å². The largest absolute Gasteiger partial charge is 0.378 e. The van der Waals surface area contributed by atoms with Crippen molar-refractivity contribution < 1.29 is 0 Å². The molecule has 1 aliphatic carbocycles. The molecule has 1 atom stereocenters. The van der Waals surface area contributed by atoms with Crippen molar-refractivity contribution in [1.29, 1.82) is 0 Å². The molecule has 0 amide bonds. The lowest BCUT2D eigenvalue weighted by atomic mass is 9.95. The number of nitrogens with one attached hydrogen (secondary N) is 1. The molecule has 1 saturated carbocycles. The number of nitrogens with zero attached hydrogens (tertiary/aromatic N) is 2. The molecule has 1 N–H and O–H groups in total. The van der Waals surface area contributed by atoms with Gasteiger partial charge in [0.2, 0.25) is 0 Å². The molecule has 1 unspecified atom stereocenters. The molecule has 20 heavy (non-hydrogen) atoms. The lowest BCUT2D eigenvalue weighted by Crippen LogP contribution is -2.51. The van der Waals surface area contributed by atoms with Crippen molar-refractivity contribution >= 4 is 11.4 Å². The molecule has 3 rings (SSSR count). The van der Waals surface area contributed by atoms with E-state index in [0.717, 1.165) is 25.6 Å². The zero-order chi connectivity index (χ0) is 14.2. The van der Waals surface area contributed by atoms with Crippen molar-refractivity contribution in [1.82, 2.24) is 5.32 Å². The zero-order valence-electron chi connectivity index (χ0n) is 13.0. The summed E-state index contributed by atoms with van der Waals surface area (Å²) in [5.41, 5.74) is 2.94. The van der Waals surface area contributed by atoms with Gasteiger partial charge >= 0.3 is 0 Å². The summed E-state index contributed by atoms with van der Waals surface area (Å²) in [6.07, 6.45) is 4.03.